The molecule has 1 fully saturated rings. The number of hydrogen-bond acceptors (Lipinski definition) is 4. The van der Waals surface area contributed by atoms with E-state index >= 15 is 0 Å². The quantitative estimate of drug-likeness (QED) is 0.0850. The minimum atomic E-state index is -1.02. The number of anilines is 1. The van der Waals surface area contributed by atoms with E-state index in [0.29, 0.717) is 44.8 Å². The van der Waals surface area contributed by atoms with E-state index in [1.54, 1.807) is 0 Å². The highest BCUT2D eigenvalue weighted by atomic mass is 16.5. The van der Waals surface area contributed by atoms with Gasteiger partial charge in [0, 0.05) is 38.4 Å². The lowest BCUT2D eigenvalue weighted by molar-refractivity contribution is 0.102. The molecule has 1 aromatic heterocycles. The van der Waals surface area contributed by atoms with Gasteiger partial charge in [0.05, 0.1) is 11.1 Å². The third kappa shape index (κ3) is 7.12. The van der Waals surface area contributed by atoms with Crippen LogP contribution in [0.3, 0.4) is 0 Å². The second kappa shape index (κ2) is 16.4. The molecule has 8 aromatic rings. The number of hydrogen-bond donors (Lipinski definition) is 1. The van der Waals surface area contributed by atoms with Crippen LogP contribution in [0, 0.1) is 5.92 Å². The summed E-state index contributed by atoms with van der Waals surface area (Å²) in [6.07, 6.45) is 14.7. The average Bonchev–Trinajstić information content (AvgIpc) is 3.32. The Morgan fingerprint density at radius 2 is 1.30 bits per heavy atom. The number of amides is 1. The molecular formula is C56H49NO4. The topological polar surface area (TPSA) is 68.5 Å². The third-order valence-corrected chi connectivity index (χ3v) is 13.2. The first-order valence-corrected chi connectivity index (χ1v) is 22.0. The van der Waals surface area contributed by atoms with E-state index in [2.05, 4.69) is 60.8 Å². The van der Waals surface area contributed by atoms with Gasteiger partial charge in [-0.25, -0.2) is 4.79 Å². The molecule has 7 aromatic carbocycles. The Balaban J connectivity index is 1.00. The van der Waals surface area contributed by atoms with Crippen LogP contribution in [0.5, 0.6) is 5.75 Å². The summed E-state index contributed by atoms with van der Waals surface area (Å²) in [4.78, 5) is 28.3. The van der Waals surface area contributed by atoms with Crippen molar-refractivity contribution in [2.24, 2.45) is 5.92 Å². The maximum Gasteiger partial charge on any atom is 0.344 e. The molecular weight excluding hydrogens is 751 g/mol. The smallest absolute Gasteiger partial charge is 0.344 e. The molecule has 5 nitrogen and oxygen atoms in total. The molecule has 1 amide bonds. The lowest BCUT2D eigenvalue weighted by Crippen LogP contribution is -2.34. The molecule has 302 valence electrons. The summed E-state index contributed by atoms with van der Waals surface area (Å²) in [5.74, 6) is 1.80. The molecule has 1 saturated carbocycles. The fraction of sp³-hybridized carbons (Fsp3) is 0.214. The number of carbonyl (C=O) groups excluding carboxylic acids is 1. The zero-order chi connectivity index (χ0) is 41.3. The second-order valence-electron chi connectivity index (χ2n) is 16.9. The summed E-state index contributed by atoms with van der Waals surface area (Å²) in [5, 5.41) is 6.73. The van der Waals surface area contributed by atoms with Crippen LogP contribution in [0.25, 0.3) is 49.7 Å². The number of ether oxygens (including phenoxy) is 1. The normalized spacial score (nSPS) is 16.9. The minimum Gasteiger partial charge on any atom is -0.472 e. The molecule has 1 aliphatic carbocycles. The standard InChI is InChI=1S/C56H49NO4/c1-2-3-6-14-37-23-25-38(26-24-37)39-27-29-40(30-28-39)41-31-33-42(34-32-41)54(58)57-48-21-13-20-46-50-45-19-11-12-22-49(45)60-55(59)52(50)47-35-36-56(61-53(47)51(46)48,43-15-7-4-8-16-43)44-17-9-5-10-18-44/h4-5,7-13,15-22,27-38H,2-3,6,14,23-26H2,1H3,(H,57,58). The number of unbranched alkanes of at least 4 members (excludes halogenated alkanes) is 2. The maximum absolute atomic E-state index is 14.3. The van der Waals surface area contributed by atoms with Crippen LogP contribution in [0.15, 0.2) is 167 Å². The highest BCUT2D eigenvalue weighted by Crippen LogP contribution is 2.50. The zero-order valence-electron chi connectivity index (χ0n) is 34.5. The molecule has 0 bridgehead atoms. The van der Waals surface area contributed by atoms with E-state index in [0.717, 1.165) is 44.3 Å². The third-order valence-electron chi connectivity index (χ3n) is 13.2. The van der Waals surface area contributed by atoms with Gasteiger partial charge in [0.15, 0.2) is 5.60 Å². The van der Waals surface area contributed by atoms with Crippen LogP contribution in [0.1, 0.15) is 96.8 Å². The Hall–Kier alpha value is -6.72. The van der Waals surface area contributed by atoms with Crippen molar-refractivity contribution in [1.82, 2.24) is 0 Å². The van der Waals surface area contributed by atoms with Gasteiger partial charge < -0.3 is 14.5 Å². The number of nitrogens with one attached hydrogen (secondary N) is 1. The molecule has 0 radical (unpaired) electrons. The van der Waals surface area contributed by atoms with E-state index in [1.807, 2.05) is 115 Å². The summed E-state index contributed by atoms with van der Waals surface area (Å²) in [6.45, 7) is 2.28. The molecule has 2 heterocycles. The Bertz CT molecular complexity index is 2920. The number of benzene rings is 7. The highest BCUT2D eigenvalue weighted by molar-refractivity contribution is 6.26. The Morgan fingerprint density at radius 1 is 0.656 bits per heavy atom. The lowest BCUT2D eigenvalue weighted by atomic mass is 9.77. The van der Waals surface area contributed by atoms with Crippen LogP contribution >= 0.6 is 0 Å². The first-order chi connectivity index (χ1) is 30.0. The second-order valence-corrected chi connectivity index (χ2v) is 16.9. The Labute approximate surface area is 356 Å². The van der Waals surface area contributed by atoms with Gasteiger partial charge in [0.2, 0.25) is 0 Å². The van der Waals surface area contributed by atoms with Crippen molar-refractivity contribution in [3.63, 3.8) is 0 Å². The monoisotopic (exact) mass is 799 g/mol. The Morgan fingerprint density at radius 3 is 1.98 bits per heavy atom. The van der Waals surface area contributed by atoms with Crippen molar-refractivity contribution in [3.8, 4) is 16.9 Å². The molecule has 0 spiro atoms. The van der Waals surface area contributed by atoms with Gasteiger partial charge in [-0.05, 0) is 96.0 Å². The first kappa shape index (κ1) is 38.5. The minimum absolute atomic E-state index is 0.241. The SMILES string of the molecule is CCCCCC1CCC(c2ccc(-c3ccc(C(=O)Nc4cccc5c4c4c(c6c(=O)oc7ccccc7c65)C=CC(c5ccccc5)(c5ccccc5)O4)cc3)cc2)CC1. The molecule has 10 rings (SSSR count). The van der Waals surface area contributed by atoms with Gasteiger partial charge in [-0.3, -0.25) is 4.79 Å². The number of carbonyl (C=O) groups is 1. The summed E-state index contributed by atoms with van der Waals surface area (Å²) in [6, 6.07) is 50.5. The molecule has 0 unspecified atom stereocenters. The van der Waals surface area contributed by atoms with E-state index in [1.165, 1.54) is 56.9 Å². The zero-order valence-corrected chi connectivity index (χ0v) is 34.5. The summed E-state index contributed by atoms with van der Waals surface area (Å²) in [5.41, 5.74) is 6.26. The van der Waals surface area contributed by atoms with E-state index < -0.39 is 11.2 Å². The molecule has 1 aliphatic heterocycles. The fourth-order valence-corrected chi connectivity index (χ4v) is 9.96. The van der Waals surface area contributed by atoms with Crippen molar-refractivity contribution in [2.75, 3.05) is 5.32 Å². The van der Waals surface area contributed by atoms with E-state index in [-0.39, 0.29) is 5.91 Å². The molecule has 5 heteroatoms. The van der Waals surface area contributed by atoms with Crippen molar-refractivity contribution in [3.05, 3.63) is 196 Å². The van der Waals surface area contributed by atoms with Crippen molar-refractivity contribution < 1.29 is 13.9 Å². The predicted octanol–water partition coefficient (Wildman–Crippen LogP) is 14.2. The van der Waals surface area contributed by atoms with Crippen LogP contribution in [-0.4, -0.2) is 5.91 Å². The molecule has 0 saturated heterocycles. The molecule has 61 heavy (non-hydrogen) atoms. The van der Waals surface area contributed by atoms with Crippen LogP contribution in [0.4, 0.5) is 5.69 Å². The number of fused-ring (bicyclic) bond motifs is 8. The predicted molar refractivity (Wildman–Crippen MR) is 249 cm³/mol. The largest absolute Gasteiger partial charge is 0.472 e. The van der Waals surface area contributed by atoms with Gasteiger partial charge in [-0.1, -0.05) is 160 Å². The Kier molecular flexibility index (Phi) is 10.3. The number of para-hydroxylation sites is 1. The van der Waals surface area contributed by atoms with Gasteiger partial charge >= 0.3 is 5.63 Å². The van der Waals surface area contributed by atoms with Crippen molar-refractivity contribution in [1.29, 1.82) is 0 Å². The maximum atomic E-state index is 14.3. The van der Waals surface area contributed by atoms with Crippen molar-refractivity contribution in [2.45, 2.75) is 69.8 Å². The summed E-state index contributed by atoms with van der Waals surface area (Å²) >= 11 is 0. The van der Waals surface area contributed by atoms with Gasteiger partial charge in [-0.2, -0.15) is 0 Å². The van der Waals surface area contributed by atoms with E-state index in [9.17, 15) is 9.59 Å². The first-order valence-electron chi connectivity index (χ1n) is 22.0. The molecule has 1 N–H and O–H groups in total. The highest BCUT2D eigenvalue weighted by Gasteiger charge is 2.39. The van der Waals surface area contributed by atoms with Gasteiger partial charge in [-0.15, -0.1) is 0 Å². The van der Waals surface area contributed by atoms with Gasteiger partial charge in [0.1, 0.15) is 11.3 Å². The number of rotatable bonds is 10. The average molecular weight is 800 g/mol. The van der Waals surface area contributed by atoms with Crippen LogP contribution in [0.2, 0.25) is 0 Å². The van der Waals surface area contributed by atoms with Crippen LogP contribution < -0.4 is 15.7 Å². The van der Waals surface area contributed by atoms with Crippen LogP contribution in [-0.2, 0) is 5.60 Å². The lowest BCUT2D eigenvalue weighted by Gasteiger charge is -2.37. The van der Waals surface area contributed by atoms with Crippen molar-refractivity contribution >= 4 is 50.2 Å². The van der Waals surface area contributed by atoms with Gasteiger partial charge in [0.25, 0.3) is 5.91 Å². The molecule has 0 atom stereocenters. The van der Waals surface area contributed by atoms with E-state index in [4.69, 9.17) is 9.15 Å². The molecule has 2 aliphatic rings. The summed E-state index contributed by atoms with van der Waals surface area (Å²) in [7, 11) is 0. The fourth-order valence-electron chi connectivity index (χ4n) is 9.96. The summed E-state index contributed by atoms with van der Waals surface area (Å²) < 4.78 is 13.3.